The SMILES string of the molecule is Cc1onc(NS(=O)(=O)c2cc(Cl)c3c(c2)CC(C)O3)c1Cl. The third-order valence-electron chi connectivity index (χ3n) is 3.25. The molecule has 1 aliphatic heterocycles. The summed E-state index contributed by atoms with van der Waals surface area (Å²) in [5.74, 6) is 0.803. The molecule has 2 heterocycles. The second-order valence-electron chi connectivity index (χ2n) is 5.03. The smallest absolute Gasteiger partial charge is 0.263 e. The number of aryl methyl sites for hydroxylation is 1. The Morgan fingerprint density at radius 3 is 2.73 bits per heavy atom. The molecular weight excluding hydrogens is 351 g/mol. The van der Waals surface area contributed by atoms with E-state index in [2.05, 4.69) is 9.88 Å². The molecule has 1 atom stereocenters. The average molecular weight is 363 g/mol. The van der Waals surface area contributed by atoms with Gasteiger partial charge in [-0.3, -0.25) is 4.72 Å². The van der Waals surface area contributed by atoms with Crippen molar-refractivity contribution in [3.8, 4) is 5.75 Å². The molecule has 1 aromatic heterocycles. The first-order valence-electron chi connectivity index (χ1n) is 6.41. The first-order chi connectivity index (χ1) is 10.3. The number of anilines is 1. The van der Waals surface area contributed by atoms with E-state index in [1.165, 1.54) is 12.1 Å². The summed E-state index contributed by atoms with van der Waals surface area (Å²) in [5.41, 5.74) is 0.753. The van der Waals surface area contributed by atoms with E-state index in [0.717, 1.165) is 5.56 Å². The van der Waals surface area contributed by atoms with Crippen LogP contribution in [0.3, 0.4) is 0 Å². The molecule has 2 aromatic rings. The van der Waals surface area contributed by atoms with Crippen LogP contribution in [0.25, 0.3) is 0 Å². The lowest BCUT2D eigenvalue weighted by atomic mass is 10.1. The largest absolute Gasteiger partial charge is 0.489 e. The molecule has 1 aliphatic rings. The van der Waals surface area contributed by atoms with E-state index in [9.17, 15) is 8.42 Å². The zero-order valence-corrected chi connectivity index (χ0v) is 14.0. The van der Waals surface area contributed by atoms with Crippen molar-refractivity contribution in [3.63, 3.8) is 0 Å². The minimum absolute atomic E-state index is 0.0191. The van der Waals surface area contributed by atoms with Crippen LogP contribution in [0, 0.1) is 6.92 Å². The number of hydrogen-bond donors (Lipinski definition) is 1. The van der Waals surface area contributed by atoms with Gasteiger partial charge in [0.25, 0.3) is 10.0 Å². The van der Waals surface area contributed by atoms with Crippen molar-refractivity contribution in [3.05, 3.63) is 33.5 Å². The minimum Gasteiger partial charge on any atom is -0.489 e. The molecule has 3 rings (SSSR count). The van der Waals surface area contributed by atoms with Gasteiger partial charge in [-0.25, -0.2) is 8.42 Å². The van der Waals surface area contributed by atoms with E-state index in [-0.39, 0.29) is 26.9 Å². The first kappa shape index (κ1) is 15.5. The highest BCUT2D eigenvalue weighted by Gasteiger charge is 2.27. The van der Waals surface area contributed by atoms with Gasteiger partial charge in [-0.1, -0.05) is 28.4 Å². The number of hydrogen-bond acceptors (Lipinski definition) is 5. The molecule has 1 aromatic carbocycles. The number of nitrogens with one attached hydrogen (secondary N) is 1. The number of aromatic nitrogens is 1. The molecule has 0 amide bonds. The number of rotatable bonds is 3. The van der Waals surface area contributed by atoms with Gasteiger partial charge in [0.1, 0.15) is 16.9 Å². The quantitative estimate of drug-likeness (QED) is 0.904. The van der Waals surface area contributed by atoms with Crippen LogP contribution in [0.4, 0.5) is 5.82 Å². The zero-order valence-electron chi connectivity index (χ0n) is 11.7. The van der Waals surface area contributed by atoms with Crippen LogP contribution >= 0.6 is 23.2 Å². The summed E-state index contributed by atoms with van der Waals surface area (Å²) >= 11 is 12.0. The van der Waals surface area contributed by atoms with Crippen molar-refractivity contribution in [1.29, 1.82) is 0 Å². The van der Waals surface area contributed by atoms with Crippen LogP contribution in [0.1, 0.15) is 18.2 Å². The van der Waals surface area contributed by atoms with Crippen molar-refractivity contribution in [2.24, 2.45) is 0 Å². The van der Waals surface area contributed by atoms with Crippen molar-refractivity contribution >= 4 is 39.0 Å². The number of benzene rings is 1. The normalized spacial score (nSPS) is 17.2. The molecule has 0 spiro atoms. The molecule has 0 radical (unpaired) electrons. The van der Waals surface area contributed by atoms with Crippen LogP contribution in [-0.2, 0) is 16.4 Å². The van der Waals surface area contributed by atoms with Crippen LogP contribution in [0.15, 0.2) is 21.6 Å². The Morgan fingerprint density at radius 1 is 1.36 bits per heavy atom. The standard InChI is InChI=1S/C13H12Cl2N2O4S/c1-6-3-8-4-9(5-10(14)12(8)20-6)22(18,19)17-13-11(15)7(2)21-16-13/h4-6H,3H2,1-2H3,(H,16,17). The van der Waals surface area contributed by atoms with E-state index in [1.807, 2.05) is 6.92 Å². The van der Waals surface area contributed by atoms with Gasteiger partial charge in [-0.05, 0) is 26.0 Å². The van der Waals surface area contributed by atoms with Gasteiger partial charge in [0.05, 0.1) is 9.92 Å². The third-order valence-corrected chi connectivity index (χ3v) is 5.30. The predicted molar refractivity (Wildman–Crippen MR) is 82.3 cm³/mol. The van der Waals surface area contributed by atoms with Crippen molar-refractivity contribution in [2.45, 2.75) is 31.3 Å². The Morgan fingerprint density at radius 2 is 2.09 bits per heavy atom. The van der Waals surface area contributed by atoms with Crippen LogP contribution in [0.2, 0.25) is 10.0 Å². The number of fused-ring (bicyclic) bond motifs is 1. The first-order valence-corrected chi connectivity index (χ1v) is 8.65. The highest BCUT2D eigenvalue weighted by Crippen LogP contribution is 2.38. The Labute approximate surface area is 137 Å². The Hall–Kier alpha value is -1.44. The molecule has 1 unspecified atom stereocenters. The Kier molecular flexibility index (Phi) is 3.74. The maximum absolute atomic E-state index is 12.4. The monoisotopic (exact) mass is 362 g/mol. The number of halogens is 2. The van der Waals surface area contributed by atoms with Crippen molar-refractivity contribution in [1.82, 2.24) is 5.16 Å². The maximum atomic E-state index is 12.4. The fourth-order valence-corrected chi connectivity index (χ4v) is 3.83. The minimum atomic E-state index is -3.88. The highest BCUT2D eigenvalue weighted by molar-refractivity contribution is 7.92. The Bertz CT molecular complexity index is 848. The summed E-state index contributed by atoms with van der Waals surface area (Å²) in [6.45, 7) is 3.47. The third kappa shape index (κ3) is 2.64. The zero-order chi connectivity index (χ0) is 16.1. The molecule has 0 saturated carbocycles. The van der Waals surface area contributed by atoms with E-state index in [4.69, 9.17) is 32.5 Å². The average Bonchev–Trinajstić information content (AvgIpc) is 2.95. The number of sulfonamides is 1. The van der Waals surface area contributed by atoms with E-state index < -0.39 is 10.0 Å². The van der Waals surface area contributed by atoms with Gasteiger partial charge in [-0.2, -0.15) is 0 Å². The topological polar surface area (TPSA) is 81.4 Å². The molecule has 6 nitrogen and oxygen atoms in total. The second-order valence-corrected chi connectivity index (χ2v) is 7.50. The molecular formula is C13H12Cl2N2O4S. The summed E-state index contributed by atoms with van der Waals surface area (Å²) in [6.07, 6.45) is 0.563. The van der Waals surface area contributed by atoms with E-state index in [0.29, 0.717) is 17.9 Å². The van der Waals surface area contributed by atoms with Gasteiger partial charge < -0.3 is 9.26 Å². The fraction of sp³-hybridized carbons (Fsp3) is 0.308. The molecule has 0 fully saturated rings. The fourth-order valence-electron chi connectivity index (χ4n) is 2.22. The van der Waals surface area contributed by atoms with Gasteiger partial charge in [0.2, 0.25) is 5.82 Å². The van der Waals surface area contributed by atoms with E-state index in [1.54, 1.807) is 6.92 Å². The van der Waals surface area contributed by atoms with E-state index >= 15 is 0 Å². The summed E-state index contributed by atoms with van der Waals surface area (Å²) in [5, 5.41) is 3.95. The number of ether oxygens (including phenoxy) is 1. The van der Waals surface area contributed by atoms with Crippen molar-refractivity contribution < 1.29 is 17.7 Å². The Balaban J connectivity index is 1.98. The summed E-state index contributed by atoms with van der Waals surface area (Å²) < 4.78 is 37.6. The molecule has 9 heteroatoms. The van der Waals surface area contributed by atoms with Crippen LogP contribution in [-0.4, -0.2) is 19.7 Å². The predicted octanol–water partition coefficient (Wildman–Crippen LogP) is 3.41. The van der Waals surface area contributed by atoms with Crippen molar-refractivity contribution in [2.75, 3.05) is 4.72 Å². The lowest BCUT2D eigenvalue weighted by molar-refractivity contribution is 0.255. The van der Waals surface area contributed by atoms with Gasteiger partial charge in [0, 0.05) is 12.0 Å². The molecule has 0 aliphatic carbocycles. The summed E-state index contributed by atoms with van der Waals surface area (Å²) in [6, 6.07) is 2.87. The maximum Gasteiger partial charge on any atom is 0.263 e. The lowest BCUT2D eigenvalue weighted by Crippen LogP contribution is -2.13. The second kappa shape index (κ2) is 5.33. The van der Waals surface area contributed by atoms with Gasteiger partial charge >= 0.3 is 0 Å². The molecule has 118 valence electrons. The molecule has 0 saturated heterocycles. The highest BCUT2D eigenvalue weighted by atomic mass is 35.5. The lowest BCUT2D eigenvalue weighted by Gasteiger charge is -2.09. The summed E-state index contributed by atoms with van der Waals surface area (Å²) in [7, 11) is -3.88. The van der Waals surface area contributed by atoms with Gasteiger partial charge in [0.15, 0.2) is 5.76 Å². The van der Waals surface area contributed by atoms with Gasteiger partial charge in [-0.15, -0.1) is 0 Å². The van der Waals surface area contributed by atoms with Crippen LogP contribution < -0.4 is 9.46 Å². The number of nitrogens with zero attached hydrogens (tertiary/aromatic N) is 1. The molecule has 0 bridgehead atoms. The summed E-state index contributed by atoms with van der Waals surface area (Å²) in [4.78, 5) is 0.0191. The molecule has 1 N–H and O–H groups in total. The molecule has 22 heavy (non-hydrogen) atoms. The van der Waals surface area contributed by atoms with Crippen LogP contribution in [0.5, 0.6) is 5.75 Å².